The summed E-state index contributed by atoms with van der Waals surface area (Å²) < 4.78 is 39.9. The lowest BCUT2D eigenvalue weighted by atomic mass is 9.85. The number of nitrogens with two attached hydrogens (primary N) is 1. The molecule has 1 aromatic rings. The molecule has 0 aromatic carbocycles. The summed E-state index contributed by atoms with van der Waals surface area (Å²) in [5, 5.41) is 2.70. The molecule has 3 rings (SSSR count). The van der Waals surface area contributed by atoms with Crippen molar-refractivity contribution in [3.8, 4) is 18.2 Å². The van der Waals surface area contributed by atoms with Crippen LogP contribution in [0.15, 0.2) is 53.0 Å². The molecule has 0 bridgehead atoms. The second-order valence-corrected chi connectivity index (χ2v) is 9.54. The van der Waals surface area contributed by atoms with Crippen LogP contribution in [-0.4, -0.2) is 51.7 Å². The molecule has 8 nitrogen and oxygen atoms in total. The number of carbonyl (C=O) groups is 1. The molecular formula is C23H25F2N5O3S. The Bertz CT molecular complexity index is 1130. The van der Waals surface area contributed by atoms with Crippen LogP contribution in [0.1, 0.15) is 30.8 Å². The van der Waals surface area contributed by atoms with Crippen LogP contribution in [0.2, 0.25) is 0 Å². The number of amidine groups is 1. The van der Waals surface area contributed by atoms with Gasteiger partial charge in [0, 0.05) is 24.3 Å². The molecule has 11 heteroatoms. The van der Waals surface area contributed by atoms with Crippen molar-refractivity contribution in [3.05, 3.63) is 53.7 Å². The first-order valence-electron chi connectivity index (χ1n) is 10.2. The number of ether oxygens (including phenoxy) is 2. The molecule has 0 saturated heterocycles. The fourth-order valence-corrected chi connectivity index (χ4v) is 5.33. The monoisotopic (exact) mass is 489 g/mol. The Kier molecular flexibility index (Phi) is 7.43. The molecule has 34 heavy (non-hydrogen) atoms. The van der Waals surface area contributed by atoms with Gasteiger partial charge in [0.05, 0.1) is 29.3 Å². The molecule has 0 unspecified atom stereocenters. The second kappa shape index (κ2) is 9.95. The van der Waals surface area contributed by atoms with E-state index in [1.165, 1.54) is 31.1 Å². The Morgan fingerprint density at radius 2 is 2.21 bits per heavy atom. The van der Waals surface area contributed by atoms with Gasteiger partial charge in [-0.1, -0.05) is 24.3 Å². The Labute approximate surface area is 200 Å². The molecule has 1 fully saturated rings. The van der Waals surface area contributed by atoms with Crippen molar-refractivity contribution in [2.75, 3.05) is 20.3 Å². The van der Waals surface area contributed by atoms with Crippen molar-refractivity contribution in [2.45, 2.75) is 30.6 Å². The van der Waals surface area contributed by atoms with Crippen LogP contribution in [0.4, 0.5) is 8.78 Å². The summed E-state index contributed by atoms with van der Waals surface area (Å²) in [5.41, 5.74) is 4.74. The number of nitrogens with one attached hydrogen (secondary N) is 1. The molecular weight excluding hydrogens is 464 g/mol. The second-order valence-electron chi connectivity index (χ2n) is 8.11. The number of aromatic nitrogens is 2. The lowest BCUT2D eigenvalue weighted by Crippen LogP contribution is -2.40. The molecule has 3 N–H and O–H groups in total. The van der Waals surface area contributed by atoms with Crippen molar-refractivity contribution in [1.29, 1.82) is 0 Å². The highest BCUT2D eigenvalue weighted by Gasteiger charge is 2.66. The van der Waals surface area contributed by atoms with Gasteiger partial charge in [0.2, 0.25) is 5.88 Å². The van der Waals surface area contributed by atoms with Gasteiger partial charge in [-0.15, -0.1) is 6.42 Å². The van der Waals surface area contributed by atoms with Crippen molar-refractivity contribution < 1.29 is 23.0 Å². The van der Waals surface area contributed by atoms with Crippen LogP contribution in [0.25, 0.3) is 0 Å². The lowest BCUT2D eigenvalue weighted by Gasteiger charge is -2.34. The van der Waals surface area contributed by atoms with Crippen molar-refractivity contribution in [1.82, 2.24) is 15.3 Å². The molecule has 180 valence electrons. The predicted octanol–water partition coefficient (Wildman–Crippen LogP) is 3.05. The van der Waals surface area contributed by atoms with Crippen molar-refractivity contribution >= 4 is 22.8 Å². The largest absolute Gasteiger partial charge is 0.463 e. The molecule has 2 heterocycles. The van der Waals surface area contributed by atoms with Crippen molar-refractivity contribution in [3.63, 3.8) is 0 Å². The molecule has 0 spiro atoms. The predicted molar refractivity (Wildman–Crippen MR) is 126 cm³/mol. The van der Waals surface area contributed by atoms with Crippen LogP contribution >= 0.6 is 11.8 Å². The smallest absolute Gasteiger partial charge is 0.275 e. The number of hydrogen-bond donors (Lipinski definition) is 2. The molecule has 1 amide bonds. The number of nitrogens with zero attached hydrogens (tertiary/aromatic N) is 3. The van der Waals surface area contributed by atoms with E-state index in [0.29, 0.717) is 13.0 Å². The standard InChI is InChI=1S/C23H25F2N5O3S/c1-6-7-33-18-11-27-16(10-28-18)20(31)29-13(2)8-15(24)19(25)14(3)22(4)17-9-23(17,12-32-5)34-21(26)30-22/h1,8,10-11,17H,3,7,9,12H2,2,4-5H3,(H2,26,30)(H,29,31)/b13-8+,19-15-/t17-,22+,23+/m0/s1. The van der Waals surface area contributed by atoms with Crippen molar-refractivity contribution in [2.24, 2.45) is 16.6 Å². The summed E-state index contributed by atoms with van der Waals surface area (Å²) >= 11 is 1.39. The van der Waals surface area contributed by atoms with Gasteiger partial charge < -0.3 is 20.5 Å². The first-order chi connectivity index (χ1) is 16.1. The Hall–Kier alpha value is -3.23. The molecule has 2 aliphatic rings. The number of halogens is 2. The van der Waals surface area contributed by atoms with E-state index in [0.717, 1.165) is 6.08 Å². The van der Waals surface area contributed by atoms with Crippen LogP contribution in [0.3, 0.4) is 0 Å². The van der Waals surface area contributed by atoms with Gasteiger partial charge >= 0.3 is 0 Å². The van der Waals surface area contributed by atoms with Crippen LogP contribution < -0.4 is 15.8 Å². The number of fused-ring (bicyclic) bond motifs is 1. The summed E-state index contributed by atoms with van der Waals surface area (Å²) in [4.78, 5) is 24.5. The summed E-state index contributed by atoms with van der Waals surface area (Å²) in [6.45, 7) is 7.29. The SMILES string of the molecule is C#CCOc1cnc(C(=O)N/C(C)=C/C(F)=C(/F)C(=C)[C@@]2(C)N=C(N)S[C@@]3(COC)C[C@H]32)cn1. The highest BCUT2D eigenvalue weighted by Crippen LogP contribution is 2.65. The third-order valence-electron chi connectivity index (χ3n) is 5.65. The minimum atomic E-state index is -1.20. The Balaban J connectivity index is 1.72. The number of carbonyl (C=O) groups excluding carboxylic acids is 1. The van der Waals surface area contributed by atoms with E-state index in [-0.39, 0.29) is 45.3 Å². The fourth-order valence-electron chi connectivity index (χ4n) is 3.88. The molecule has 1 aromatic heterocycles. The topological polar surface area (TPSA) is 112 Å². The van der Waals surface area contributed by atoms with Gasteiger partial charge in [-0.3, -0.25) is 9.79 Å². The minimum absolute atomic E-state index is 0.00837. The number of hydrogen-bond acceptors (Lipinski definition) is 8. The van der Waals surface area contributed by atoms with E-state index in [9.17, 15) is 9.18 Å². The van der Waals surface area contributed by atoms with E-state index in [4.69, 9.17) is 21.6 Å². The average molecular weight is 490 g/mol. The number of thioether (sulfide) groups is 1. The fraction of sp³-hybridized carbons (Fsp3) is 0.391. The van der Waals surface area contributed by atoms with Gasteiger partial charge in [0.15, 0.2) is 23.4 Å². The van der Waals surface area contributed by atoms with Crippen LogP contribution in [0.5, 0.6) is 5.88 Å². The van der Waals surface area contributed by atoms with Gasteiger partial charge in [-0.2, -0.15) is 0 Å². The number of allylic oxidation sites excluding steroid dienone is 3. The zero-order chi connectivity index (χ0) is 25.1. The number of amides is 1. The first-order valence-corrected chi connectivity index (χ1v) is 11.0. The summed E-state index contributed by atoms with van der Waals surface area (Å²) in [6.07, 6.45) is 9.05. The minimum Gasteiger partial charge on any atom is -0.463 e. The van der Waals surface area contributed by atoms with Crippen LogP contribution in [-0.2, 0) is 4.74 Å². The van der Waals surface area contributed by atoms with E-state index in [1.54, 1.807) is 14.0 Å². The third-order valence-corrected chi connectivity index (χ3v) is 6.92. The number of rotatable bonds is 9. The van der Waals surface area contributed by atoms with Crippen LogP contribution in [0, 0.1) is 18.3 Å². The van der Waals surface area contributed by atoms with Gasteiger partial charge in [0.25, 0.3) is 5.91 Å². The molecule has 0 radical (unpaired) electrons. The molecule has 1 saturated carbocycles. The highest BCUT2D eigenvalue weighted by molar-refractivity contribution is 8.15. The zero-order valence-corrected chi connectivity index (χ0v) is 19.8. The van der Waals surface area contributed by atoms with E-state index in [2.05, 4.69) is 32.8 Å². The maximum absolute atomic E-state index is 15.1. The van der Waals surface area contributed by atoms with Gasteiger partial charge in [-0.05, 0) is 26.3 Å². The Morgan fingerprint density at radius 1 is 1.47 bits per heavy atom. The molecule has 3 atom stereocenters. The summed E-state index contributed by atoms with van der Waals surface area (Å²) in [6, 6.07) is 0. The highest BCUT2D eigenvalue weighted by atomic mass is 32.2. The van der Waals surface area contributed by atoms with E-state index >= 15 is 4.39 Å². The van der Waals surface area contributed by atoms with E-state index in [1.807, 2.05) is 0 Å². The first kappa shape index (κ1) is 25.4. The maximum Gasteiger partial charge on any atom is 0.275 e. The third kappa shape index (κ3) is 5.13. The maximum atomic E-state index is 15.1. The van der Waals surface area contributed by atoms with E-state index < -0.39 is 23.1 Å². The lowest BCUT2D eigenvalue weighted by molar-refractivity contribution is 0.0960. The number of aliphatic imine (C=N–C) groups is 1. The zero-order valence-electron chi connectivity index (χ0n) is 19.0. The quantitative estimate of drug-likeness (QED) is 0.405. The summed E-state index contributed by atoms with van der Waals surface area (Å²) in [7, 11) is 1.58. The molecule has 1 aliphatic carbocycles. The van der Waals surface area contributed by atoms with Gasteiger partial charge in [-0.25, -0.2) is 18.7 Å². The van der Waals surface area contributed by atoms with Gasteiger partial charge in [0.1, 0.15) is 5.69 Å². The number of methoxy groups -OCH3 is 1. The Morgan fingerprint density at radius 3 is 2.82 bits per heavy atom. The summed E-state index contributed by atoms with van der Waals surface area (Å²) in [5.74, 6) is -0.682. The molecule has 1 aliphatic heterocycles. The average Bonchev–Trinajstić information content (AvgIpc) is 3.51. The normalized spacial score (nSPS) is 26.4. The number of terminal acetylenes is 1.